The van der Waals surface area contributed by atoms with E-state index in [1.807, 2.05) is 23.5 Å². The standard InChI is InChI=1S/C54H34N2O.C54H34N2S/c2*1-3-13-35(14-4-1)36-25-28-51-47(32-36)48-34-38(27-30-52(48)55(51)40-16-5-2-6-17-40)37-26-29-50-46(33-37)43-19-7-9-23-49(43)56(50)41-18-11-15-39(31-41)42-21-12-22-45-44-20-8-10-24-53(44)57-54(42)45/h2*1-34H. The maximum absolute atomic E-state index is 6.46. The molecule has 24 aromatic rings. The molecule has 0 atom stereocenters. The molecule has 0 saturated heterocycles. The molecule has 0 saturated carbocycles. The van der Waals surface area contributed by atoms with Crippen LogP contribution in [0.3, 0.4) is 0 Å². The highest BCUT2D eigenvalue weighted by atomic mass is 32.1. The van der Waals surface area contributed by atoms with Crippen LogP contribution in [0.5, 0.6) is 0 Å². The number of aromatic nitrogens is 4. The average molecular weight is 1470 g/mol. The highest BCUT2D eigenvalue weighted by molar-refractivity contribution is 7.26. The SMILES string of the molecule is c1ccc(-c2ccc3c(c2)c2cc(-c4ccc5c(c4)c4ccccc4n5-c4cccc(-c5cccc6c5oc5ccccc56)c4)ccc2n3-c2ccccc2)cc1.c1ccc(-c2ccc3c(c2)c2cc(-c4ccc5c(c4)c4ccccc4n5-c4cccc(-c5cccc6c5sc5ccccc56)c4)ccc2n3-c2ccccc2)cc1. The van der Waals surface area contributed by atoms with Gasteiger partial charge >= 0.3 is 0 Å². The number of thiophene rings is 1. The van der Waals surface area contributed by atoms with Crippen LogP contribution in [0, 0.1) is 0 Å². The first-order chi connectivity index (χ1) is 56.5. The molecule has 0 spiro atoms. The Labute approximate surface area is 660 Å². The topological polar surface area (TPSA) is 32.9 Å². The van der Waals surface area contributed by atoms with Crippen molar-refractivity contribution in [1.29, 1.82) is 0 Å². The molecule has 6 heterocycles. The van der Waals surface area contributed by atoms with Crippen LogP contribution in [0.15, 0.2) is 417 Å². The van der Waals surface area contributed by atoms with E-state index in [1.165, 1.54) is 163 Å². The molecule has 0 bridgehead atoms. The van der Waals surface area contributed by atoms with Crippen LogP contribution < -0.4 is 0 Å². The van der Waals surface area contributed by atoms with Gasteiger partial charge < -0.3 is 22.7 Å². The van der Waals surface area contributed by atoms with Gasteiger partial charge in [-0.2, -0.15) is 0 Å². The second-order valence-corrected chi connectivity index (χ2v) is 30.9. The first kappa shape index (κ1) is 65.1. The van der Waals surface area contributed by atoms with Gasteiger partial charge in [-0.15, -0.1) is 11.3 Å². The number of hydrogen-bond donors (Lipinski definition) is 0. The van der Waals surface area contributed by atoms with E-state index in [0.29, 0.717) is 0 Å². The summed E-state index contributed by atoms with van der Waals surface area (Å²) < 4.78 is 18.7. The van der Waals surface area contributed by atoms with Gasteiger partial charge in [0.15, 0.2) is 0 Å². The van der Waals surface area contributed by atoms with Crippen LogP contribution in [-0.2, 0) is 0 Å². The average Bonchev–Trinajstić information content (AvgIpc) is 1.58. The van der Waals surface area contributed by atoms with Gasteiger partial charge in [-0.3, -0.25) is 0 Å². The molecule has 0 aliphatic rings. The van der Waals surface area contributed by atoms with E-state index in [1.54, 1.807) is 0 Å². The smallest absolute Gasteiger partial charge is 0.143 e. The molecule has 0 radical (unpaired) electrons. The molecule has 18 aromatic carbocycles. The van der Waals surface area contributed by atoms with Crippen LogP contribution >= 0.6 is 11.3 Å². The number of para-hydroxylation sites is 6. The van der Waals surface area contributed by atoms with E-state index in [0.717, 1.165) is 55.8 Å². The van der Waals surface area contributed by atoms with E-state index in [-0.39, 0.29) is 0 Å². The molecular weight excluding hydrogens is 1400 g/mol. The second kappa shape index (κ2) is 26.5. The van der Waals surface area contributed by atoms with Gasteiger partial charge in [0.1, 0.15) is 11.2 Å². The van der Waals surface area contributed by atoms with Gasteiger partial charge in [0, 0.05) is 102 Å². The van der Waals surface area contributed by atoms with Crippen molar-refractivity contribution in [2.75, 3.05) is 0 Å². The minimum Gasteiger partial charge on any atom is -0.455 e. The Morgan fingerprint density at radius 3 is 0.947 bits per heavy atom. The molecule has 532 valence electrons. The summed E-state index contributed by atoms with van der Waals surface area (Å²) in [5.74, 6) is 0. The minimum absolute atomic E-state index is 0.910. The first-order valence-electron chi connectivity index (χ1n) is 39.0. The van der Waals surface area contributed by atoms with Gasteiger partial charge in [0.25, 0.3) is 0 Å². The third-order valence-electron chi connectivity index (χ3n) is 23.4. The lowest BCUT2D eigenvalue weighted by molar-refractivity contribution is 0.670. The Morgan fingerprint density at radius 2 is 0.482 bits per heavy atom. The van der Waals surface area contributed by atoms with Crippen LogP contribution in [0.4, 0.5) is 0 Å². The zero-order valence-electron chi connectivity index (χ0n) is 61.9. The molecule has 6 heteroatoms. The Morgan fingerprint density at radius 1 is 0.175 bits per heavy atom. The summed E-state index contributed by atoms with van der Waals surface area (Å²) in [6.07, 6.45) is 0. The van der Waals surface area contributed by atoms with Crippen molar-refractivity contribution in [1.82, 2.24) is 18.3 Å². The van der Waals surface area contributed by atoms with E-state index >= 15 is 0 Å². The zero-order chi connectivity index (χ0) is 74.9. The normalized spacial score (nSPS) is 11.9. The van der Waals surface area contributed by atoms with E-state index < -0.39 is 0 Å². The number of benzene rings is 18. The summed E-state index contributed by atoms with van der Waals surface area (Å²) in [6, 6.07) is 150. The summed E-state index contributed by atoms with van der Waals surface area (Å²) in [6.45, 7) is 0. The lowest BCUT2D eigenvalue weighted by Gasteiger charge is -2.11. The van der Waals surface area contributed by atoms with Gasteiger partial charge in [-0.1, -0.05) is 267 Å². The Balaban J connectivity index is 0.000000135. The lowest BCUT2D eigenvalue weighted by Crippen LogP contribution is -1.94. The number of furan rings is 1. The Kier molecular flexibility index (Phi) is 15.1. The van der Waals surface area contributed by atoms with Crippen molar-refractivity contribution in [3.05, 3.63) is 413 Å². The summed E-state index contributed by atoms with van der Waals surface area (Å²) in [4.78, 5) is 0. The molecule has 24 rings (SSSR count). The highest BCUT2D eigenvalue weighted by Crippen LogP contribution is 2.46. The summed E-state index contributed by atoms with van der Waals surface area (Å²) in [5, 5.41) is 14.9. The Hall–Kier alpha value is -14.8. The monoisotopic (exact) mass is 1470 g/mol. The lowest BCUT2D eigenvalue weighted by atomic mass is 9.99. The molecule has 6 aromatic heterocycles. The quantitative estimate of drug-likeness (QED) is 0.134. The second-order valence-electron chi connectivity index (χ2n) is 29.8. The fourth-order valence-corrected chi connectivity index (χ4v) is 19.4. The fraction of sp³-hybridized carbons (Fsp3) is 0. The van der Waals surface area contributed by atoms with E-state index in [9.17, 15) is 0 Å². The fourth-order valence-electron chi connectivity index (χ4n) is 18.2. The van der Waals surface area contributed by atoms with Crippen molar-refractivity contribution >= 4 is 141 Å². The van der Waals surface area contributed by atoms with E-state index in [4.69, 9.17) is 4.42 Å². The number of hydrogen-bond acceptors (Lipinski definition) is 2. The molecule has 0 unspecified atom stereocenters. The van der Waals surface area contributed by atoms with Crippen molar-refractivity contribution in [3.63, 3.8) is 0 Å². The predicted octanol–water partition coefficient (Wildman–Crippen LogP) is 30.0. The number of fused-ring (bicyclic) bond motifs is 18. The minimum atomic E-state index is 0.910. The molecule has 5 nitrogen and oxygen atoms in total. The predicted molar refractivity (Wildman–Crippen MR) is 483 cm³/mol. The maximum Gasteiger partial charge on any atom is 0.143 e. The number of rotatable bonds is 10. The molecule has 114 heavy (non-hydrogen) atoms. The molecule has 0 amide bonds. The molecule has 0 aliphatic heterocycles. The molecule has 0 fully saturated rings. The zero-order valence-corrected chi connectivity index (χ0v) is 62.7. The highest BCUT2D eigenvalue weighted by Gasteiger charge is 2.23. The van der Waals surface area contributed by atoms with Crippen LogP contribution in [0.1, 0.15) is 0 Å². The summed E-state index contributed by atoms with van der Waals surface area (Å²) >= 11 is 1.88. The van der Waals surface area contributed by atoms with Gasteiger partial charge in [-0.25, -0.2) is 0 Å². The Bertz CT molecular complexity index is 7500. The summed E-state index contributed by atoms with van der Waals surface area (Å²) in [5.41, 5.74) is 30.4. The number of nitrogens with zero attached hydrogens (tertiary/aromatic N) is 4. The molecule has 0 N–H and O–H groups in total. The van der Waals surface area contributed by atoms with Crippen LogP contribution in [-0.4, -0.2) is 18.3 Å². The van der Waals surface area contributed by atoms with Crippen molar-refractivity contribution in [2.24, 2.45) is 0 Å². The molecule has 0 aliphatic carbocycles. The van der Waals surface area contributed by atoms with Crippen molar-refractivity contribution in [2.45, 2.75) is 0 Å². The maximum atomic E-state index is 6.46. The van der Waals surface area contributed by atoms with Crippen LogP contribution in [0.25, 0.3) is 219 Å². The van der Waals surface area contributed by atoms with Gasteiger partial charge in [0.05, 0.1) is 44.1 Å². The first-order valence-corrected chi connectivity index (χ1v) is 39.8. The van der Waals surface area contributed by atoms with Crippen molar-refractivity contribution in [3.8, 4) is 89.5 Å². The third kappa shape index (κ3) is 10.6. The molecular formula is C108H68N4OS. The van der Waals surface area contributed by atoms with Gasteiger partial charge in [-0.05, 0) is 207 Å². The largest absolute Gasteiger partial charge is 0.455 e. The van der Waals surface area contributed by atoms with Crippen molar-refractivity contribution < 1.29 is 4.42 Å². The van der Waals surface area contributed by atoms with Crippen LogP contribution in [0.2, 0.25) is 0 Å². The third-order valence-corrected chi connectivity index (χ3v) is 24.6. The van der Waals surface area contributed by atoms with Gasteiger partial charge in [0.2, 0.25) is 0 Å². The van der Waals surface area contributed by atoms with E-state index in [2.05, 4.69) is 419 Å². The summed E-state index contributed by atoms with van der Waals surface area (Å²) in [7, 11) is 0.